The number of esters is 4. The van der Waals surface area contributed by atoms with E-state index < -0.39 is 97.5 Å². The molecule has 0 fully saturated rings. The summed E-state index contributed by atoms with van der Waals surface area (Å²) in [6.07, 6.45) is 63.7. The van der Waals surface area contributed by atoms with Crippen molar-refractivity contribution in [2.24, 2.45) is 11.8 Å². The van der Waals surface area contributed by atoms with Crippen LogP contribution in [0.15, 0.2) is 0 Å². The maximum atomic E-state index is 13.1. The number of hydrogen-bond donors (Lipinski definition) is 3. The van der Waals surface area contributed by atoms with Gasteiger partial charge in [-0.05, 0) is 37.5 Å². The molecule has 0 saturated carbocycles. The zero-order valence-electron chi connectivity index (χ0n) is 66.2. The van der Waals surface area contributed by atoms with E-state index in [-0.39, 0.29) is 25.7 Å². The van der Waals surface area contributed by atoms with Gasteiger partial charge in [-0.15, -0.1) is 0 Å². The molecule has 600 valence electrons. The van der Waals surface area contributed by atoms with Gasteiger partial charge in [-0.25, -0.2) is 9.13 Å². The monoisotopic (exact) mass is 1480 g/mol. The Morgan fingerprint density at radius 2 is 0.455 bits per heavy atom. The van der Waals surface area contributed by atoms with E-state index in [4.69, 9.17) is 37.0 Å². The summed E-state index contributed by atoms with van der Waals surface area (Å²) in [4.78, 5) is 73.1. The Kier molecular flexibility index (Phi) is 72.2. The van der Waals surface area contributed by atoms with Crippen LogP contribution in [0.25, 0.3) is 0 Å². The van der Waals surface area contributed by atoms with Crippen molar-refractivity contribution in [3.05, 3.63) is 0 Å². The normalized spacial score (nSPS) is 13.9. The molecule has 0 aromatic carbocycles. The van der Waals surface area contributed by atoms with Crippen molar-refractivity contribution in [2.45, 2.75) is 452 Å². The van der Waals surface area contributed by atoms with Crippen LogP contribution in [0.1, 0.15) is 433 Å². The zero-order chi connectivity index (χ0) is 74.2. The molecule has 0 aliphatic rings. The summed E-state index contributed by atoms with van der Waals surface area (Å²) in [6.45, 7) is 9.67. The molecule has 0 aliphatic carbocycles. The highest BCUT2D eigenvalue weighted by atomic mass is 31.2. The van der Waals surface area contributed by atoms with Crippen molar-refractivity contribution in [1.82, 2.24) is 0 Å². The van der Waals surface area contributed by atoms with Gasteiger partial charge in [0.1, 0.15) is 19.3 Å². The first kappa shape index (κ1) is 99.1. The number of phosphoric ester groups is 2. The minimum atomic E-state index is -4.96. The number of aliphatic hydroxyl groups is 1. The second kappa shape index (κ2) is 73.6. The first-order chi connectivity index (χ1) is 48.9. The largest absolute Gasteiger partial charge is 0.472 e. The van der Waals surface area contributed by atoms with Gasteiger partial charge >= 0.3 is 39.5 Å². The summed E-state index contributed by atoms with van der Waals surface area (Å²) in [5.41, 5.74) is 0. The number of rotatable bonds is 81. The number of carbonyl (C=O) groups excluding carboxylic acids is 4. The Morgan fingerprint density at radius 3 is 0.673 bits per heavy atom. The van der Waals surface area contributed by atoms with Crippen LogP contribution in [-0.2, 0) is 65.4 Å². The molecule has 0 saturated heterocycles. The maximum Gasteiger partial charge on any atom is 0.472 e. The molecule has 3 N–H and O–H groups in total. The summed E-state index contributed by atoms with van der Waals surface area (Å²) in [7, 11) is -9.92. The standard InChI is InChI=1S/C82H160O17P2/c1-7-9-11-13-15-17-19-21-22-23-24-25-26-29-36-42-48-54-60-66-81(86)98-77(71-93-80(85)65-59-53-47-41-35-30-27-28-32-38-44-50-56-62-74(3)4)72-96-100(88,89)94-68-76(83)69-95-101(90,91)97-73-78(70-92-79(84)64-58-52-46-40-34-20-18-16-14-12-10-8-2)99-82(87)67-61-55-49-43-37-31-33-39-45-51-57-63-75(5)6/h74-78,83H,7-73H2,1-6H3,(H,88,89)(H,90,91)/t76-,77-,78-/m1/s1. The summed E-state index contributed by atoms with van der Waals surface area (Å²) in [5.74, 6) is -0.549. The van der Waals surface area contributed by atoms with Gasteiger partial charge in [0.25, 0.3) is 0 Å². The summed E-state index contributed by atoms with van der Waals surface area (Å²) >= 11 is 0. The average Bonchev–Trinajstić information content (AvgIpc) is 0.930. The molecule has 5 atom stereocenters. The predicted molar refractivity (Wildman–Crippen MR) is 414 cm³/mol. The van der Waals surface area contributed by atoms with Crippen LogP contribution in [0.4, 0.5) is 0 Å². The quantitative estimate of drug-likeness (QED) is 0.0222. The molecular weight excluding hydrogens is 1320 g/mol. The fourth-order valence-corrected chi connectivity index (χ4v) is 14.3. The van der Waals surface area contributed by atoms with E-state index in [2.05, 4.69) is 41.5 Å². The molecule has 0 radical (unpaired) electrons. The topological polar surface area (TPSA) is 237 Å². The smallest absolute Gasteiger partial charge is 0.462 e. The van der Waals surface area contributed by atoms with E-state index in [9.17, 15) is 43.2 Å². The Balaban J connectivity index is 5.26. The van der Waals surface area contributed by atoms with Crippen LogP contribution >= 0.6 is 15.6 Å². The highest BCUT2D eigenvalue weighted by Gasteiger charge is 2.30. The van der Waals surface area contributed by atoms with E-state index in [1.165, 1.54) is 250 Å². The minimum Gasteiger partial charge on any atom is -0.462 e. The van der Waals surface area contributed by atoms with Gasteiger partial charge in [0, 0.05) is 25.7 Å². The van der Waals surface area contributed by atoms with Crippen LogP contribution in [0, 0.1) is 11.8 Å². The lowest BCUT2D eigenvalue weighted by Crippen LogP contribution is -2.30. The van der Waals surface area contributed by atoms with Gasteiger partial charge in [0.05, 0.1) is 26.4 Å². The van der Waals surface area contributed by atoms with E-state index >= 15 is 0 Å². The van der Waals surface area contributed by atoms with Gasteiger partial charge in [-0.2, -0.15) is 0 Å². The lowest BCUT2D eigenvalue weighted by Gasteiger charge is -2.21. The number of aliphatic hydroxyl groups excluding tert-OH is 1. The lowest BCUT2D eigenvalue weighted by atomic mass is 10.0. The van der Waals surface area contributed by atoms with Gasteiger partial charge in [0.15, 0.2) is 12.2 Å². The fraction of sp³-hybridized carbons (Fsp3) is 0.951. The molecular formula is C82H160O17P2. The Labute approximate surface area is 619 Å². The maximum absolute atomic E-state index is 13.1. The van der Waals surface area contributed by atoms with E-state index in [1.54, 1.807) is 0 Å². The second-order valence-electron chi connectivity index (χ2n) is 30.5. The molecule has 0 heterocycles. The van der Waals surface area contributed by atoms with E-state index in [0.29, 0.717) is 25.7 Å². The molecule has 0 aliphatic heterocycles. The third kappa shape index (κ3) is 76.1. The number of phosphoric acid groups is 2. The molecule has 101 heavy (non-hydrogen) atoms. The number of carbonyl (C=O) groups is 4. The van der Waals surface area contributed by atoms with Gasteiger partial charge in [-0.3, -0.25) is 37.3 Å². The lowest BCUT2D eigenvalue weighted by molar-refractivity contribution is -0.161. The zero-order valence-corrected chi connectivity index (χ0v) is 68.0. The van der Waals surface area contributed by atoms with Crippen molar-refractivity contribution in [1.29, 1.82) is 0 Å². The molecule has 0 amide bonds. The van der Waals surface area contributed by atoms with Crippen molar-refractivity contribution < 1.29 is 80.2 Å². The Bertz CT molecular complexity index is 1940. The SMILES string of the molecule is CCCCCCCCCCCCCCCCCCCCCC(=O)O[C@H](COC(=O)CCCCCCCCCCCCCCCC(C)C)COP(=O)(O)OC[C@@H](O)COP(=O)(O)OC[C@@H](COC(=O)CCCCCCCCCCCCCC)OC(=O)CCCCCCCCCCCCCC(C)C. The predicted octanol–water partition coefficient (Wildman–Crippen LogP) is 24.7. The third-order valence-corrected chi connectivity index (χ3v) is 21.1. The number of unbranched alkanes of at least 4 members (excludes halogenated alkanes) is 51. The van der Waals surface area contributed by atoms with Crippen LogP contribution in [0.5, 0.6) is 0 Å². The van der Waals surface area contributed by atoms with Crippen LogP contribution < -0.4 is 0 Å². The molecule has 0 spiro atoms. The average molecular weight is 1480 g/mol. The van der Waals surface area contributed by atoms with Crippen molar-refractivity contribution in [2.75, 3.05) is 39.6 Å². The van der Waals surface area contributed by atoms with Crippen LogP contribution in [-0.4, -0.2) is 96.7 Å². The highest BCUT2D eigenvalue weighted by molar-refractivity contribution is 7.47. The van der Waals surface area contributed by atoms with Crippen molar-refractivity contribution >= 4 is 39.5 Å². The van der Waals surface area contributed by atoms with E-state index in [0.717, 1.165) is 102 Å². The molecule has 19 heteroatoms. The molecule has 0 rings (SSSR count). The summed E-state index contributed by atoms with van der Waals surface area (Å²) in [6, 6.07) is 0. The van der Waals surface area contributed by atoms with Gasteiger partial charge in [0.2, 0.25) is 0 Å². The Morgan fingerprint density at radius 1 is 0.267 bits per heavy atom. The van der Waals surface area contributed by atoms with Gasteiger partial charge in [-0.1, -0.05) is 382 Å². The van der Waals surface area contributed by atoms with Crippen LogP contribution in [0.2, 0.25) is 0 Å². The second-order valence-corrected chi connectivity index (χ2v) is 33.4. The molecule has 0 aromatic heterocycles. The molecule has 2 unspecified atom stereocenters. The molecule has 0 aromatic rings. The molecule has 0 bridgehead atoms. The van der Waals surface area contributed by atoms with Crippen molar-refractivity contribution in [3.8, 4) is 0 Å². The van der Waals surface area contributed by atoms with Crippen LogP contribution in [0.3, 0.4) is 0 Å². The molecule has 17 nitrogen and oxygen atoms in total. The number of hydrogen-bond acceptors (Lipinski definition) is 15. The highest BCUT2D eigenvalue weighted by Crippen LogP contribution is 2.45. The van der Waals surface area contributed by atoms with E-state index in [1.807, 2.05) is 0 Å². The fourth-order valence-electron chi connectivity index (χ4n) is 12.7. The summed E-state index contributed by atoms with van der Waals surface area (Å²) in [5, 5.41) is 10.7. The summed E-state index contributed by atoms with van der Waals surface area (Å²) < 4.78 is 68.8. The first-order valence-electron chi connectivity index (χ1n) is 42.5. The van der Waals surface area contributed by atoms with Crippen molar-refractivity contribution in [3.63, 3.8) is 0 Å². The Hall–Kier alpha value is -1.94. The number of ether oxygens (including phenoxy) is 4. The first-order valence-corrected chi connectivity index (χ1v) is 45.5. The minimum absolute atomic E-state index is 0.107. The van der Waals surface area contributed by atoms with Gasteiger partial charge < -0.3 is 33.8 Å². The third-order valence-electron chi connectivity index (χ3n) is 19.2.